The highest BCUT2D eigenvalue weighted by atomic mass is 79.9. The van der Waals surface area contributed by atoms with E-state index in [2.05, 4.69) is 31.0 Å². The molecule has 0 aliphatic heterocycles. The molecule has 7 nitrogen and oxygen atoms in total. The van der Waals surface area contributed by atoms with Crippen molar-refractivity contribution in [2.75, 3.05) is 12.8 Å². The molecule has 0 fully saturated rings. The molecule has 9 heteroatoms. The van der Waals surface area contributed by atoms with Crippen molar-refractivity contribution in [2.24, 2.45) is 0 Å². The third-order valence-corrected chi connectivity index (χ3v) is 5.89. The van der Waals surface area contributed by atoms with Gasteiger partial charge in [-0.05, 0) is 29.8 Å². The molecule has 0 aliphatic rings. The van der Waals surface area contributed by atoms with Crippen LogP contribution in [0.25, 0.3) is 16.7 Å². The van der Waals surface area contributed by atoms with Crippen molar-refractivity contribution in [2.45, 2.75) is 11.7 Å². The average molecular weight is 484 g/mol. The molecule has 0 aliphatic carbocycles. The number of carbonyl (C=O) groups is 1. The van der Waals surface area contributed by atoms with Crippen LogP contribution in [-0.4, -0.2) is 43.4 Å². The Hall–Kier alpha value is -2.91. The average Bonchev–Trinajstić information content (AvgIpc) is 3.19. The van der Waals surface area contributed by atoms with Gasteiger partial charge in [0.1, 0.15) is 5.39 Å². The third kappa shape index (κ3) is 4.47. The normalized spacial score (nSPS) is 11.0. The van der Waals surface area contributed by atoms with E-state index in [4.69, 9.17) is 0 Å². The van der Waals surface area contributed by atoms with Crippen molar-refractivity contribution in [3.8, 4) is 5.69 Å². The molecule has 2 aromatic heterocycles. The third-order valence-electron chi connectivity index (χ3n) is 4.51. The molecule has 4 rings (SSSR count). The molecule has 4 aromatic rings. The molecule has 0 bridgehead atoms. The van der Waals surface area contributed by atoms with Gasteiger partial charge in [-0.3, -0.25) is 9.59 Å². The van der Waals surface area contributed by atoms with Gasteiger partial charge in [0.25, 0.3) is 5.56 Å². The van der Waals surface area contributed by atoms with Crippen LogP contribution in [0.3, 0.4) is 0 Å². The van der Waals surface area contributed by atoms with E-state index in [1.54, 1.807) is 16.6 Å². The Bertz CT molecular complexity index is 1240. The minimum absolute atomic E-state index is 0.0535. The van der Waals surface area contributed by atoms with Crippen LogP contribution in [0.5, 0.6) is 0 Å². The molecule has 30 heavy (non-hydrogen) atoms. The zero-order chi connectivity index (χ0) is 21.1. The first-order valence-corrected chi connectivity index (χ1v) is 10.9. The smallest absolute Gasteiger partial charge is 0.262 e. The first-order valence-electron chi connectivity index (χ1n) is 9.16. The van der Waals surface area contributed by atoms with Crippen LogP contribution in [0.15, 0.2) is 75.2 Å². The number of hydrogen-bond donors (Lipinski definition) is 1. The topological polar surface area (TPSA) is 83.9 Å². The van der Waals surface area contributed by atoms with Crippen molar-refractivity contribution in [3.05, 3.63) is 81.2 Å². The largest absolute Gasteiger partial charge is 0.341 e. The molecule has 0 atom stereocenters. The van der Waals surface area contributed by atoms with Crippen LogP contribution in [0.1, 0.15) is 5.56 Å². The molecule has 2 aromatic carbocycles. The lowest BCUT2D eigenvalue weighted by Crippen LogP contribution is -2.28. The Kier molecular flexibility index (Phi) is 6.01. The highest BCUT2D eigenvalue weighted by Gasteiger charge is 2.14. The van der Waals surface area contributed by atoms with E-state index in [0.717, 1.165) is 15.7 Å². The number of amides is 1. The first kappa shape index (κ1) is 20.4. The van der Waals surface area contributed by atoms with Crippen LogP contribution in [0.4, 0.5) is 0 Å². The summed E-state index contributed by atoms with van der Waals surface area (Å²) in [6.07, 6.45) is 1.50. The van der Waals surface area contributed by atoms with E-state index >= 15 is 0 Å². The zero-order valence-electron chi connectivity index (χ0n) is 16.1. The first-order chi connectivity index (χ1) is 14.5. The standard InChI is InChI=1S/C21H18BrN5O2S/c1-26(12-14-7-9-15(22)10-8-14)18(28)13-30-21-24-19-17(20(29)25-21)11-23-27(19)16-5-3-2-4-6-16/h2-11H,12-13H2,1H3,(H,24,25,29). The van der Waals surface area contributed by atoms with E-state index in [1.165, 1.54) is 18.0 Å². The summed E-state index contributed by atoms with van der Waals surface area (Å²) < 4.78 is 2.62. The number of fused-ring (bicyclic) bond motifs is 1. The monoisotopic (exact) mass is 483 g/mol. The lowest BCUT2D eigenvalue weighted by atomic mass is 10.2. The number of H-pyrrole nitrogens is 1. The SMILES string of the molecule is CN(Cc1ccc(Br)cc1)C(=O)CSc1nc2c(cnn2-c2ccccc2)c(=O)[nH]1. The van der Waals surface area contributed by atoms with Gasteiger partial charge in [0, 0.05) is 18.1 Å². The van der Waals surface area contributed by atoms with Gasteiger partial charge < -0.3 is 9.88 Å². The summed E-state index contributed by atoms with van der Waals surface area (Å²) in [5, 5.41) is 5.08. The number of rotatable bonds is 6. The summed E-state index contributed by atoms with van der Waals surface area (Å²) in [5.41, 5.74) is 2.04. The number of para-hydroxylation sites is 1. The maximum atomic E-state index is 12.5. The number of halogens is 1. The van der Waals surface area contributed by atoms with Gasteiger partial charge in [-0.1, -0.05) is 58.0 Å². The summed E-state index contributed by atoms with van der Waals surface area (Å²) >= 11 is 4.60. The minimum Gasteiger partial charge on any atom is -0.341 e. The summed E-state index contributed by atoms with van der Waals surface area (Å²) in [6.45, 7) is 0.510. The summed E-state index contributed by atoms with van der Waals surface area (Å²) in [7, 11) is 1.76. The van der Waals surface area contributed by atoms with Gasteiger partial charge >= 0.3 is 0 Å². The highest BCUT2D eigenvalue weighted by Crippen LogP contribution is 2.18. The number of carbonyl (C=O) groups excluding carboxylic acids is 1. The number of thioether (sulfide) groups is 1. The van der Waals surface area contributed by atoms with Crippen LogP contribution >= 0.6 is 27.7 Å². The highest BCUT2D eigenvalue weighted by molar-refractivity contribution is 9.10. The quantitative estimate of drug-likeness (QED) is 0.334. The zero-order valence-corrected chi connectivity index (χ0v) is 18.5. The molecule has 0 radical (unpaired) electrons. The van der Waals surface area contributed by atoms with E-state index in [1.807, 2.05) is 54.6 Å². The Morgan fingerprint density at radius 3 is 2.63 bits per heavy atom. The van der Waals surface area contributed by atoms with Crippen LogP contribution in [-0.2, 0) is 11.3 Å². The fourth-order valence-electron chi connectivity index (χ4n) is 2.92. The molecule has 0 spiro atoms. The van der Waals surface area contributed by atoms with Crippen molar-refractivity contribution < 1.29 is 4.79 Å². The van der Waals surface area contributed by atoms with Crippen molar-refractivity contribution in [1.29, 1.82) is 0 Å². The Morgan fingerprint density at radius 1 is 1.17 bits per heavy atom. The molecule has 0 unspecified atom stereocenters. The van der Waals surface area contributed by atoms with E-state index in [-0.39, 0.29) is 17.2 Å². The number of aromatic amines is 1. The Balaban J connectivity index is 1.49. The van der Waals surface area contributed by atoms with Crippen LogP contribution in [0, 0.1) is 0 Å². The maximum absolute atomic E-state index is 12.5. The Morgan fingerprint density at radius 2 is 1.90 bits per heavy atom. The predicted molar refractivity (Wildman–Crippen MR) is 121 cm³/mol. The van der Waals surface area contributed by atoms with Gasteiger partial charge in [-0.15, -0.1) is 0 Å². The van der Waals surface area contributed by atoms with E-state index in [9.17, 15) is 9.59 Å². The molecule has 1 amide bonds. The number of benzene rings is 2. The second kappa shape index (κ2) is 8.85. The molecule has 0 saturated heterocycles. The van der Waals surface area contributed by atoms with E-state index < -0.39 is 0 Å². The molecular formula is C21H18BrN5O2S. The second-order valence-corrected chi connectivity index (χ2v) is 8.54. The molecular weight excluding hydrogens is 466 g/mol. The van der Waals surface area contributed by atoms with Gasteiger partial charge in [0.05, 0.1) is 17.6 Å². The number of hydrogen-bond acceptors (Lipinski definition) is 5. The number of nitrogens with zero attached hydrogens (tertiary/aromatic N) is 4. The van der Waals surface area contributed by atoms with Crippen molar-refractivity contribution >= 4 is 44.6 Å². The molecule has 152 valence electrons. The van der Waals surface area contributed by atoms with E-state index in [0.29, 0.717) is 22.7 Å². The van der Waals surface area contributed by atoms with Gasteiger partial charge in [-0.2, -0.15) is 5.10 Å². The van der Waals surface area contributed by atoms with Crippen LogP contribution in [0.2, 0.25) is 0 Å². The van der Waals surface area contributed by atoms with Crippen LogP contribution < -0.4 is 5.56 Å². The molecule has 1 N–H and O–H groups in total. The summed E-state index contributed by atoms with van der Waals surface area (Å²) in [6, 6.07) is 17.3. The minimum atomic E-state index is -0.277. The maximum Gasteiger partial charge on any atom is 0.262 e. The second-order valence-electron chi connectivity index (χ2n) is 6.67. The van der Waals surface area contributed by atoms with Crippen molar-refractivity contribution in [3.63, 3.8) is 0 Å². The molecule has 2 heterocycles. The lowest BCUT2D eigenvalue weighted by molar-refractivity contribution is -0.127. The van der Waals surface area contributed by atoms with Gasteiger partial charge in [0.15, 0.2) is 10.8 Å². The Labute approximate surface area is 185 Å². The predicted octanol–water partition coefficient (Wildman–Crippen LogP) is 3.62. The van der Waals surface area contributed by atoms with Gasteiger partial charge in [-0.25, -0.2) is 9.67 Å². The molecule has 0 saturated carbocycles. The lowest BCUT2D eigenvalue weighted by Gasteiger charge is -2.17. The summed E-state index contributed by atoms with van der Waals surface area (Å²) in [5.74, 6) is 0.114. The fraction of sp³-hybridized carbons (Fsp3) is 0.143. The number of aromatic nitrogens is 4. The van der Waals surface area contributed by atoms with Crippen molar-refractivity contribution in [1.82, 2.24) is 24.6 Å². The summed E-state index contributed by atoms with van der Waals surface area (Å²) in [4.78, 5) is 33.9. The number of nitrogens with one attached hydrogen (secondary N) is 1. The van der Waals surface area contributed by atoms with Gasteiger partial charge in [0.2, 0.25) is 5.91 Å². The fourth-order valence-corrected chi connectivity index (χ4v) is 3.98.